The summed E-state index contributed by atoms with van der Waals surface area (Å²) in [5.41, 5.74) is 0.993. The van der Waals surface area contributed by atoms with E-state index in [0.29, 0.717) is 6.10 Å². The number of rotatable bonds is 2. The Morgan fingerprint density at radius 2 is 2.62 bits per heavy atom. The molecule has 0 amide bonds. The molecule has 1 N–H and O–H groups in total. The molecule has 0 aromatic rings. The minimum absolute atomic E-state index is 0.401. The summed E-state index contributed by atoms with van der Waals surface area (Å²) in [6.07, 6.45) is 2.43. The molecule has 0 saturated carbocycles. The fourth-order valence-electron chi connectivity index (χ4n) is 0.598. The largest absolute Gasteiger partial charge is 0.516 e. The molecule has 1 rings (SSSR count). The van der Waals surface area contributed by atoms with E-state index in [4.69, 9.17) is 9.84 Å². The fourth-order valence-corrected chi connectivity index (χ4v) is 0.598. The second-order valence-corrected chi connectivity index (χ2v) is 2.13. The van der Waals surface area contributed by atoms with Gasteiger partial charge in [-0.05, 0) is 18.9 Å². The minimum atomic E-state index is 0.401. The molecule has 1 unspecified atom stereocenters. The minimum Gasteiger partial charge on any atom is -0.516 e. The number of hydrogen-bond acceptors (Lipinski definition) is 2. The van der Waals surface area contributed by atoms with Gasteiger partial charge in [0.25, 0.3) is 0 Å². The van der Waals surface area contributed by atoms with Crippen molar-refractivity contribution in [2.75, 3.05) is 6.61 Å². The first kappa shape index (κ1) is 5.63. The number of epoxide rings is 1. The molecule has 2 nitrogen and oxygen atoms in total. The van der Waals surface area contributed by atoms with Crippen molar-refractivity contribution in [3.8, 4) is 0 Å². The van der Waals surface area contributed by atoms with Crippen LogP contribution in [0.4, 0.5) is 0 Å². The first-order valence-electron chi connectivity index (χ1n) is 2.74. The van der Waals surface area contributed by atoms with Crippen molar-refractivity contribution in [1.29, 1.82) is 0 Å². The first-order valence-corrected chi connectivity index (χ1v) is 2.74. The molecule has 1 saturated heterocycles. The highest BCUT2D eigenvalue weighted by Gasteiger charge is 2.21. The molecule has 0 aromatic carbocycles. The van der Waals surface area contributed by atoms with Gasteiger partial charge in [0.15, 0.2) is 0 Å². The molecule has 1 atom stereocenters. The van der Waals surface area contributed by atoms with Crippen molar-refractivity contribution >= 4 is 0 Å². The summed E-state index contributed by atoms with van der Waals surface area (Å²) < 4.78 is 4.93. The van der Waals surface area contributed by atoms with E-state index < -0.39 is 0 Å². The normalized spacial score (nSPS) is 28.1. The zero-order chi connectivity index (χ0) is 5.98. The molecule has 0 spiro atoms. The second kappa shape index (κ2) is 2.18. The van der Waals surface area contributed by atoms with Crippen LogP contribution in [-0.4, -0.2) is 17.8 Å². The summed E-state index contributed by atoms with van der Waals surface area (Å²) in [5.74, 6) is 0. The third kappa shape index (κ3) is 1.54. The van der Waals surface area contributed by atoms with Gasteiger partial charge in [-0.3, -0.25) is 0 Å². The molecule has 1 aliphatic heterocycles. The highest BCUT2D eigenvalue weighted by Crippen LogP contribution is 2.17. The van der Waals surface area contributed by atoms with Crippen molar-refractivity contribution in [2.24, 2.45) is 0 Å². The Labute approximate surface area is 48.8 Å². The molecule has 0 aromatic heterocycles. The molecule has 46 valence electrons. The lowest BCUT2D eigenvalue weighted by Gasteiger charge is -1.90. The monoisotopic (exact) mass is 114 g/mol. The van der Waals surface area contributed by atoms with Gasteiger partial charge in [0.1, 0.15) is 0 Å². The van der Waals surface area contributed by atoms with E-state index in [0.717, 1.165) is 24.9 Å². The SMILES string of the molecule is CC(=CO)CC1CO1. The van der Waals surface area contributed by atoms with E-state index in [1.807, 2.05) is 6.92 Å². The van der Waals surface area contributed by atoms with Gasteiger partial charge in [-0.2, -0.15) is 0 Å². The van der Waals surface area contributed by atoms with Crippen LogP contribution in [0.1, 0.15) is 13.3 Å². The van der Waals surface area contributed by atoms with Crippen molar-refractivity contribution in [3.63, 3.8) is 0 Å². The predicted octanol–water partition coefficient (Wildman–Crippen LogP) is 1.24. The van der Waals surface area contributed by atoms with Gasteiger partial charge in [0.2, 0.25) is 0 Å². The van der Waals surface area contributed by atoms with Crippen molar-refractivity contribution in [3.05, 3.63) is 11.8 Å². The van der Waals surface area contributed by atoms with E-state index in [1.165, 1.54) is 0 Å². The summed E-state index contributed by atoms with van der Waals surface area (Å²) in [5, 5.41) is 8.39. The van der Waals surface area contributed by atoms with Gasteiger partial charge in [-0.25, -0.2) is 0 Å². The zero-order valence-electron chi connectivity index (χ0n) is 4.92. The Kier molecular flexibility index (Phi) is 1.53. The van der Waals surface area contributed by atoms with Crippen LogP contribution >= 0.6 is 0 Å². The number of aliphatic hydroxyl groups is 1. The molecule has 1 fully saturated rings. The smallest absolute Gasteiger partial charge is 0.0848 e. The lowest BCUT2D eigenvalue weighted by Crippen LogP contribution is -1.85. The summed E-state index contributed by atoms with van der Waals surface area (Å²) in [7, 11) is 0. The Morgan fingerprint density at radius 3 is 3.00 bits per heavy atom. The van der Waals surface area contributed by atoms with Crippen LogP contribution < -0.4 is 0 Å². The lowest BCUT2D eigenvalue weighted by molar-refractivity contribution is 0.401. The Hall–Kier alpha value is -0.500. The molecular formula is C6H10O2. The standard InChI is InChI=1S/C6H10O2/c1-5(3-7)2-6-4-8-6/h3,6-7H,2,4H2,1H3. The van der Waals surface area contributed by atoms with Gasteiger partial charge in [-0.15, -0.1) is 0 Å². The van der Waals surface area contributed by atoms with Crippen molar-refractivity contribution in [1.82, 2.24) is 0 Å². The molecule has 1 heterocycles. The quantitative estimate of drug-likeness (QED) is 0.432. The maximum atomic E-state index is 8.39. The van der Waals surface area contributed by atoms with Crippen LogP contribution in [0.2, 0.25) is 0 Å². The summed E-state index contributed by atoms with van der Waals surface area (Å²) in [6, 6.07) is 0. The Bertz CT molecular complexity index is 103. The van der Waals surface area contributed by atoms with Crippen LogP contribution in [0.25, 0.3) is 0 Å². The van der Waals surface area contributed by atoms with Crippen molar-refractivity contribution in [2.45, 2.75) is 19.4 Å². The summed E-state index contributed by atoms with van der Waals surface area (Å²) in [4.78, 5) is 0. The van der Waals surface area contributed by atoms with E-state index in [-0.39, 0.29) is 0 Å². The van der Waals surface area contributed by atoms with E-state index in [9.17, 15) is 0 Å². The highest BCUT2D eigenvalue weighted by molar-refractivity contribution is 4.96. The number of ether oxygens (including phenoxy) is 1. The first-order chi connectivity index (χ1) is 3.83. The van der Waals surface area contributed by atoms with Gasteiger partial charge in [0, 0.05) is 0 Å². The van der Waals surface area contributed by atoms with Crippen LogP contribution in [0.3, 0.4) is 0 Å². The number of aliphatic hydroxyl groups excluding tert-OH is 1. The second-order valence-electron chi connectivity index (χ2n) is 2.13. The highest BCUT2D eigenvalue weighted by atomic mass is 16.6. The fraction of sp³-hybridized carbons (Fsp3) is 0.667. The topological polar surface area (TPSA) is 32.8 Å². The molecule has 0 bridgehead atoms. The molecule has 8 heavy (non-hydrogen) atoms. The molecule has 0 radical (unpaired) electrons. The molecule has 0 aliphatic carbocycles. The van der Waals surface area contributed by atoms with Gasteiger partial charge < -0.3 is 9.84 Å². The third-order valence-corrected chi connectivity index (χ3v) is 1.17. The zero-order valence-corrected chi connectivity index (χ0v) is 4.92. The third-order valence-electron chi connectivity index (χ3n) is 1.17. The average molecular weight is 114 g/mol. The van der Waals surface area contributed by atoms with Crippen LogP contribution in [0, 0.1) is 0 Å². The van der Waals surface area contributed by atoms with Crippen molar-refractivity contribution < 1.29 is 9.84 Å². The molecule has 1 aliphatic rings. The Morgan fingerprint density at radius 1 is 2.00 bits per heavy atom. The summed E-state index contributed by atoms with van der Waals surface area (Å²) >= 11 is 0. The van der Waals surface area contributed by atoms with E-state index in [1.54, 1.807) is 0 Å². The molecular weight excluding hydrogens is 104 g/mol. The average Bonchev–Trinajstić information content (AvgIpc) is 2.50. The van der Waals surface area contributed by atoms with E-state index in [2.05, 4.69) is 0 Å². The molecule has 2 heteroatoms. The maximum absolute atomic E-state index is 8.39. The number of hydrogen-bond donors (Lipinski definition) is 1. The lowest BCUT2D eigenvalue weighted by atomic mass is 10.2. The predicted molar refractivity (Wildman–Crippen MR) is 30.7 cm³/mol. The van der Waals surface area contributed by atoms with E-state index >= 15 is 0 Å². The van der Waals surface area contributed by atoms with Crippen LogP contribution in [0.15, 0.2) is 11.8 Å². The van der Waals surface area contributed by atoms with Gasteiger partial charge in [0.05, 0.1) is 19.0 Å². The van der Waals surface area contributed by atoms with Crippen LogP contribution in [-0.2, 0) is 4.74 Å². The van der Waals surface area contributed by atoms with Gasteiger partial charge in [-0.1, -0.05) is 0 Å². The summed E-state index contributed by atoms with van der Waals surface area (Å²) in [6.45, 7) is 2.76. The maximum Gasteiger partial charge on any atom is 0.0848 e. The van der Waals surface area contributed by atoms with Gasteiger partial charge >= 0.3 is 0 Å². The van der Waals surface area contributed by atoms with Crippen LogP contribution in [0.5, 0.6) is 0 Å². The Balaban J connectivity index is 2.16.